The Bertz CT molecular complexity index is 1650. The quantitative estimate of drug-likeness (QED) is 0.504. The number of nitrogens with zero attached hydrogens (tertiary/aromatic N) is 5. The van der Waals surface area contributed by atoms with E-state index in [2.05, 4.69) is 25.7 Å². The van der Waals surface area contributed by atoms with E-state index in [0.29, 0.717) is 11.1 Å². The average Bonchev–Trinajstić information content (AvgIpc) is 3.45. The van der Waals surface area contributed by atoms with E-state index in [1.54, 1.807) is 25.1 Å². The minimum Gasteiger partial charge on any atom is -0.347 e. The fraction of sp³-hybridized carbons (Fsp3) is 0.250. The van der Waals surface area contributed by atoms with Crippen LogP contribution in [0.3, 0.4) is 0 Å². The molecule has 5 rings (SSSR count). The normalized spacial score (nSPS) is 21.6. The molecule has 1 aliphatic heterocycles. The van der Waals surface area contributed by atoms with Crippen LogP contribution in [0.25, 0.3) is 5.78 Å². The van der Waals surface area contributed by atoms with Crippen molar-refractivity contribution in [2.24, 2.45) is 5.92 Å². The molecular weight excluding hydrogens is 501 g/mol. The summed E-state index contributed by atoms with van der Waals surface area (Å²) >= 11 is 0. The number of carbonyl (C=O) groups excluding carboxylic acids is 2. The summed E-state index contributed by atoms with van der Waals surface area (Å²) in [5.74, 6) is -2.44. The number of carbonyl (C=O) groups is 2. The van der Waals surface area contributed by atoms with Gasteiger partial charge in [-0.05, 0) is 36.3 Å². The summed E-state index contributed by atoms with van der Waals surface area (Å²) in [6.45, 7) is 1.72. The summed E-state index contributed by atoms with van der Waals surface area (Å²) in [6, 6.07) is 6.91. The molecule has 11 nitrogen and oxygen atoms in total. The van der Waals surface area contributed by atoms with Crippen LogP contribution >= 0.6 is 0 Å². The Morgan fingerprint density at radius 1 is 1.27 bits per heavy atom. The van der Waals surface area contributed by atoms with Crippen LogP contribution in [0.15, 0.2) is 54.4 Å². The van der Waals surface area contributed by atoms with Gasteiger partial charge in [-0.25, -0.2) is 17.8 Å². The minimum absolute atomic E-state index is 0.00602. The molecule has 0 saturated carbocycles. The van der Waals surface area contributed by atoms with Crippen LogP contribution in [0.1, 0.15) is 32.1 Å². The van der Waals surface area contributed by atoms with Gasteiger partial charge in [-0.2, -0.15) is 19.9 Å². The fourth-order valence-corrected chi connectivity index (χ4v) is 6.62. The number of fused-ring (bicyclic) bond motifs is 2. The first kappa shape index (κ1) is 24.3. The van der Waals surface area contributed by atoms with Crippen molar-refractivity contribution in [3.8, 4) is 6.07 Å². The number of rotatable bonds is 5. The second-order valence-electron chi connectivity index (χ2n) is 8.81. The van der Waals surface area contributed by atoms with E-state index in [1.807, 2.05) is 6.07 Å². The first-order valence-electron chi connectivity index (χ1n) is 11.2. The Hall–Kier alpha value is -4.44. The highest BCUT2D eigenvalue weighted by Crippen LogP contribution is 2.33. The zero-order valence-electron chi connectivity index (χ0n) is 19.4. The van der Waals surface area contributed by atoms with Crippen LogP contribution in [0.5, 0.6) is 0 Å². The third kappa shape index (κ3) is 4.58. The summed E-state index contributed by atoms with van der Waals surface area (Å²) in [5, 5.41) is 17.6. The van der Waals surface area contributed by atoms with Crippen LogP contribution in [0, 0.1) is 30.0 Å². The Balaban J connectivity index is 1.37. The molecule has 1 aliphatic carbocycles. The van der Waals surface area contributed by atoms with Crippen molar-refractivity contribution in [1.29, 1.82) is 5.26 Å². The smallest absolute Gasteiger partial charge is 0.270 e. The molecule has 1 fully saturated rings. The van der Waals surface area contributed by atoms with Gasteiger partial charge in [-0.15, -0.1) is 0 Å². The van der Waals surface area contributed by atoms with E-state index >= 15 is 0 Å². The Labute approximate surface area is 210 Å². The van der Waals surface area contributed by atoms with E-state index in [0.717, 1.165) is 4.52 Å². The predicted octanol–water partition coefficient (Wildman–Crippen LogP) is 1.03. The molecule has 0 spiro atoms. The van der Waals surface area contributed by atoms with E-state index in [-0.39, 0.29) is 40.9 Å². The Morgan fingerprint density at radius 3 is 2.84 bits per heavy atom. The lowest BCUT2D eigenvalue weighted by Crippen LogP contribution is -2.41. The van der Waals surface area contributed by atoms with Crippen LogP contribution in [0.4, 0.5) is 4.39 Å². The number of nitriles is 1. The highest BCUT2D eigenvalue weighted by atomic mass is 32.2. The van der Waals surface area contributed by atoms with Gasteiger partial charge in [0.15, 0.2) is 9.84 Å². The third-order valence-corrected chi connectivity index (χ3v) is 8.45. The third-order valence-electron chi connectivity index (χ3n) is 6.35. The number of halogens is 1. The molecular formula is C24H20FN7O4S. The molecule has 37 heavy (non-hydrogen) atoms. The van der Waals surface area contributed by atoms with E-state index in [4.69, 9.17) is 5.26 Å². The molecule has 13 heteroatoms. The zero-order valence-corrected chi connectivity index (χ0v) is 20.2. The molecule has 3 aromatic rings. The maximum Gasteiger partial charge on any atom is 0.270 e. The summed E-state index contributed by atoms with van der Waals surface area (Å²) in [4.78, 5) is 34.2. The second kappa shape index (κ2) is 9.21. The van der Waals surface area contributed by atoms with Gasteiger partial charge in [-0.1, -0.05) is 18.2 Å². The molecule has 1 aromatic carbocycles. The molecule has 188 valence electrons. The van der Waals surface area contributed by atoms with Crippen molar-refractivity contribution < 1.29 is 22.4 Å². The van der Waals surface area contributed by atoms with Crippen molar-refractivity contribution in [2.75, 3.05) is 5.75 Å². The number of aryl methyl sites for hydroxylation is 1. The highest BCUT2D eigenvalue weighted by Gasteiger charge is 2.46. The first-order chi connectivity index (χ1) is 17.7. The van der Waals surface area contributed by atoms with Gasteiger partial charge in [0, 0.05) is 24.1 Å². The standard InChI is InChI=1S/C24H20FN7O4S/c1-13-6-15(3-5-17(13)25)10-27-22(33)18-8-20(32-24(31-18)28-12-29-32)23(34)30-19-11-37(35,36)21-7-14(9-26)2-4-16(19)21/h2-8,12,16,19,21H,10-11H2,1H3,(H,27,33)(H,30,34). The van der Waals surface area contributed by atoms with Crippen LogP contribution in [-0.2, 0) is 16.4 Å². The van der Waals surface area contributed by atoms with Gasteiger partial charge in [0.2, 0.25) is 0 Å². The number of hydrogen-bond acceptors (Lipinski definition) is 8. The summed E-state index contributed by atoms with van der Waals surface area (Å²) in [6.07, 6.45) is 5.73. The molecule has 2 aromatic heterocycles. The second-order valence-corrected chi connectivity index (χ2v) is 11.0. The number of amides is 2. The van der Waals surface area contributed by atoms with Crippen molar-refractivity contribution in [1.82, 2.24) is 30.2 Å². The molecule has 0 bridgehead atoms. The highest BCUT2D eigenvalue weighted by molar-refractivity contribution is 7.92. The topological polar surface area (TPSA) is 159 Å². The Morgan fingerprint density at radius 2 is 2.08 bits per heavy atom. The van der Waals surface area contributed by atoms with Crippen molar-refractivity contribution >= 4 is 27.4 Å². The summed E-state index contributed by atoms with van der Waals surface area (Å²) < 4.78 is 40.0. The summed E-state index contributed by atoms with van der Waals surface area (Å²) in [7, 11) is -3.59. The van der Waals surface area contributed by atoms with E-state index < -0.39 is 38.9 Å². The molecule has 2 N–H and O–H groups in total. The maximum absolute atomic E-state index is 13.5. The lowest BCUT2D eigenvalue weighted by atomic mass is 9.91. The molecule has 2 amide bonds. The first-order valence-corrected chi connectivity index (χ1v) is 12.9. The van der Waals surface area contributed by atoms with Crippen molar-refractivity contribution in [3.63, 3.8) is 0 Å². The van der Waals surface area contributed by atoms with Crippen molar-refractivity contribution in [3.05, 3.63) is 82.7 Å². The zero-order chi connectivity index (χ0) is 26.3. The average molecular weight is 522 g/mol. The van der Waals surface area contributed by atoms with Crippen LogP contribution in [0.2, 0.25) is 0 Å². The number of aromatic nitrogens is 4. The number of benzene rings is 1. The van der Waals surface area contributed by atoms with Gasteiger partial charge >= 0.3 is 0 Å². The molecule has 3 atom stereocenters. The lowest BCUT2D eigenvalue weighted by Gasteiger charge is -2.21. The molecule has 3 heterocycles. The lowest BCUT2D eigenvalue weighted by molar-refractivity contribution is 0.0927. The number of nitrogens with one attached hydrogen (secondary N) is 2. The largest absolute Gasteiger partial charge is 0.347 e. The molecule has 0 radical (unpaired) electrons. The monoisotopic (exact) mass is 521 g/mol. The van der Waals surface area contributed by atoms with Crippen molar-refractivity contribution in [2.45, 2.75) is 24.8 Å². The number of allylic oxidation sites excluding steroid dienone is 2. The molecule has 1 saturated heterocycles. The number of sulfone groups is 1. The van der Waals surface area contributed by atoms with Gasteiger partial charge in [0.25, 0.3) is 17.6 Å². The van der Waals surface area contributed by atoms with E-state index in [9.17, 15) is 22.4 Å². The number of hydrogen-bond donors (Lipinski definition) is 2. The molecule has 3 unspecified atom stereocenters. The minimum atomic E-state index is -3.59. The van der Waals surface area contributed by atoms with Gasteiger partial charge in [0.1, 0.15) is 23.5 Å². The SMILES string of the molecule is Cc1cc(CNC(=O)c2cc(C(=O)NC3CS(=O)(=O)C4C=C(C#N)C=CC34)n3ncnc3n2)ccc1F. The summed E-state index contributed by atoms with van der Waals surface area (Å²) in [5.41, 5.74) is 1.22. The molecule has 2 aliphatic rings. The van der Waals surface area contributed by atoms with Gasteiger partial charge < -0.3 is 10.6 Å². The van der Waals surface area contributed by atoms with E-state index in [1.165, 1.54) is 30.6 Å². The fourth-order valence-electron chi connectivity index (χ4n) is 4.48. The van der Waals surface area contributed by atoms with Gasteiger partial charge in [0.05, 0.1) is 23.1 Å². The predicted molar refractivity (Wildman–Crippen MR) is 128 cm³/mol. The Kier molecular flexibility index (Phi) is 6.04. The van der Waals surface area contributed by atoms with Crippen LogP contribution in [-0.4, -0.2) is 56.9 Å². The van der Waals surface area contributed by atoms with Crippen LogP contribution < -0.4 is 10.6 Å². The van der Waals surface area contributed by atoms with Gasteiger partial charge in [-0.3, -0.25) is 9.59 Å². The maximum atomic E-state index is 13.5.